The fourth-order valence-electron chi connectivity index (χ4n) is 1.56. The summed E-state index contributed by atoms with van der Waals surface area (Å²) in [7, 11) is 0. The van der Waals surface area contributed by atoms with Gasteiger partial charge in [-0.15, -0.1) is 0 Å². The van der Waals surface area contributed by atoms with Crippen molar-refractivity contribution < 1.29 is 10.2 Å². The fourth-order valence-corrected chi connectivity index (χ4v) is 1.56. The van der Waals surface area contributed by atoms with Crippen molar-refractivity contribution in [2.24, 2.45) is 0 Å². The van der Waals surface area contributed by atoms with E-state index >= 15 is 0 Å². The van der Waals surface area contributed by atoms with Gasteiger partial charge in [0.05, 0.1) is 11.2 Å². The summed E-state index contributed by atoms with van der Waals surface area (Å²) in [5.41, 5.74) is 0.637. The van der Waals surface area contributed by atoms with Crippen molar-refractivity contribution in [1.82, 2.24) is 0 Å². The van der Waals surface area contributed by atoms with Crippen molar-refractivity contribution in [3.8, 4) is 0 Å². The zero-order valence-electron chi connectivity index (χ0n) is 10.6. The van der Waals surface area contributed by atoms with E-state index in [1.807, 2.05) is 38.1 Å². The maximum Gasteiger partial charge on any atom is 0.0840 e. The van der Waals surface area contributed by atoms with Gasteiger partial charge in [-0.2, -0.15) is 0 Å². The number of hydrogen-bond acceptors (Lipinski definition) is 2. The van der Waals surface area contributed by atoms with Crippen LogP contribution in [0.2, 0.25) is 0 Å². The predicted octanol–water partition coefficient (Wildman–Crippen LogP) is 2.62. The van der Waals surface area contributed by atoms with Crippen molar-refractivity contribution in [3.63, 3.8) is 0 Å². The summed E-state index contributed by atoms with van der Waals surface area (Å²) in [6, 6.07) is 7.91. The number of benzene rings is 1. The lowest BCUT2D eigenvalue weighted by Crippen LogP contribution is -2.19. The third-order valence-corrected chi connectivity index (χ3v) is 2.66. The summed E-state index contributed by atoms with van der Waals surface area (Å²) in [6.45, 7) is 7.18. The summed E-state index contributed by atoms with van der Waals surface area (Å²) < 4.78 is 0. The van der Waals surface area contributed by atoms with E-state index < -0.39 is 11.2 Å². The maximum atomic E-state index is 9.89. The molecule has 2 nitrogen and oxygen atoms in total. The van der Waals surface area contributed by atoms with Crippen LogP contribution >= 0.6 is 0 Å². The van der Waals surface area contributed by atoms with Gasteiger partial charge >= 0.3 is 0 Å². The lowest BCUT2D eigenvalue weighted by molar-refractivity contribution is 0.0712. The Morgan fingerprint density at radius 1 is 1.06 bits per heavy atom. The van der Waals surface area contributed by atoms with Crippen molar-refractivity contribution in [1.29, 1.82) is 0 Å². The quantitative estimate of drug-likeness (QED) is 0.822. The average molecular weight is 222 g/mol. The van der Waals surface area contributed by atoms with Crippen LogP contribution in [0.1, 0.15) is 45.2 Å². The summed E-state index contributed by atoms with van der Waals surface area (Å²) in [6.07, 6.45) is 1.55. The van der Waals surface area contributed by atoms with Crippen LogP contribution in [-0.2, 0) is 12.0 Å². The molecule has 1 aromatic rings. The van der Waals surface area contributed by atoms with Gasteiger partial charge < -0.3 is 10.2 Å². The van der Waals surface area contributed by atoms with Crippen molar-refractivity contribution in [2.75, 3.05) is 0 Å². The van der Waals surface area contributed by atoms with Gasteiger partial charge in [0.15, 0.2) is 0 Å². The Morgan fingerprint density at radius 2 is 1.69 bits per heavy atom. The molecule has 0 atom stereocenters. The molecule has 0 saturated heterocycles. The van der Waals surface area contributed by atoms with Crippen LogP contribution in [0, 0.1) is 0 Å². The van der Waals surface area contributed by atoms with E-state index in [-0.39, 0.29) is 0 Å². The highest BCUT2D eigenvalue weighted by atomic mass is 16.3. The van der Waals surface area contributed by atoms with Crippen LogP contribution < -0.4 is 0 Å². The maximum absolute atomic E-state index is 9.89. The minimum absolute atomic E-state index is 0.634. The lowest BCUT2D eigenvalue weighted by atomic mass is 9.93. The van der Waals surface area contributed by atoms with Crippen LogP contribution in [-0.4, -0.2) is 15.8 Å². The highest BCUT2D eigenvalue weighted by Crippen LogP contribution is 2.22. The van der Waals surface area contributed by atoms with Crippen LogP contribution in [0.3, 0.4) is 0 Å². The summed E-state index contributed by atoms with van der Waals surface area (Å²) in [4.78, 5) is 0. The van der Waals surface area contributed by atoms with Crippen LogP contribution in [0.5, 0.6) is 0 Å². The molecule has 0 heterocycles. The molecule has 2 N–H and O–H groups in total. The first kappa shape index (κ1) is 13.2. The molecule has 2 heteroatoms. The standard InChI is InChI=1S/C14H22O2/c1-13(2,15)9-8-11-6-5-7-12(10-11)14(3,4)16/h5-7,10,15-16H,8-9H2,1-4H3. The molecule has 0 unspecified atom stereocenters. The molecule has 0 aliphatic carbocycles. The van der Waals surface area contributed by atoms with E-state index in [4.69, 9.17) is 0 Å². The van der Waals surface area contributed by atoms with Crippen molar-refractivity contribution in [2.45, 2.75) is 51.7 Å². The molecule has 0 aliphatic rings. The summed E-state index contributed by atoms with van der Waals surface area (Å²) in [5, 5.41) is 19.6. The number of hydrogen-bond donors (Lipinski definition) is 2. The molecular formula is C14H22O2. The SMILES string of the molecule is CC(C)(O)CCc1cccc(C(C)(C)O)c1. The summed E-state index contributed by atoms with van der Waals surface area (Å²) in [5.74, 6) is 0. The Kier molecular flexibility index (Phi) is 3.76. The Hall–Kier alpha value is -0.860. The van der Waals surface area contributed by atoms with Gasteiger partial charge in [-0.1, -0.05) is 24.3 Å². The average Bonchev–Trinajstić information content (AvgIpc) is 2.13. The Morgan fingerprint density at radius 3 is 2.19 bits per heavy atom. The van der Waals surface area contributed by atoms with Crippen LogP contribution in [0.4, 0.5) is 0 Å². The minimum atomic E-state index is -0.801. The van der Waals surface area contributed by atoms with Gasteiger partial charge in [0.1, 0.15) is 0 Å². The molecule has 0 spiro atoms. The first-order valence-corrected chi connectivity index (χ1v) is 5.73. The second kappa shape index (κ2) is 4.56. The molecule has 16 heavy (non-hydrogen) atoms. The van der Waals surface area contributed by atoms with Gasteiger partial charge in [-0.25, -0.2) is 0 Å². The van der Waals surface area contributed by atoms with E-state index in [1.165, 1.54) is 0 Å². The Balaban J connectivity index is 2.76. The third-order valence-electron chi connectivity index (χ3n) is 2.66. The molecule has 1 aromatic carbocycles. The molecule has 0 bridgehead atoms. The van der Waals surface area contributed by atoms with E-state index in [2.05, 4.69) is 0 Å². The third kappa shape index (κ3) is 4.33. The first-order valence-electron chi connectivity index (χ1n) is 5.73. The predicted molar refractivity (Wildman–Crippen MR) is 66.3 cm³/mol. The topological polar surface area (TPSA) is 40.5 Å². The first-order chi connectivity index (χ1) is 7.18. The van der Waals surface area contributed by atoms with Gasteiger partial charge in [0.2, 0.25) is 0 Å². The molecule has 0 fully saturated rings. The molecule has 0 aromatic heterocycles. The normalized spacial score (nSPS) is 12.9. The van der Waals surface area contributed by atoms with E-state index in [1.54, 1.807) is 13.8 Å². The number of rotatable bonds is 4. The molecule has 1 rings (SSSR count). The molecule has 0 aliphatic heterocycles. The lowest BCUT2D eigenvalue weighted by Gasteiger charge is -2.20. The highest BCUT2D eigenvalue weighted by Gasteiger charge is 2.17. The Bertz CT molecular complexity index is 342. The Labute approximate surface area is 97.9 Å². The zero-order valence-corrected chi connectivity index (χ0v) is 10.6. The minimum Gasteiger partial charge on any atom is -0.390 e. The van der Waals surface area contributed by atoms with E-state index in [9.17, 15) is 10.2 Å². The van der Waals surface area contributed by atoms with Gasteiger partial charge in [-0.3, -0.25) is 0 Å². The highest BCUT2D eigenvalue weighted by molar-refractivity contribution is 5.27. The van der Waals surface area contributed by atoms with Crippen molar-refractivity contribution in [3.05, 3.63) is 35.4 Å². The van der Waals surface area contributed by atoms with E-state index in [0.717, 1.165) is 24.0 Å². The molecule has 0 saturated carbocycles. The van der Waals surface area contributed by atoms with Gasteiger partial charge in [0.25, 0.3) is 0 Å². The van der Waals surface area contributed by atoms with Gasteiger partial charge in [0, 0.05) is 0 Å². The van der Waals surface area contributed by atoms with E-state index in [0.29, 0.717) is 0 Å². The monoisotopic (exact) mass is 222 g/mol. The van der Waals surface area contributed by atoms with Gasteiger partial charge in [-0.05, 0) is 51.7 Å². The molecule has 0 amide bonds. The summed E-state index contributed by atoms with van der Waals surface area (Å²) >= 11 is 0. The largest absolute Gasteiger partial charge is 0.390 e. The smallest absolute Gasteiger partial charge is 0.0840 e. The molecular weight excluding hydrogens is 200 g/mol. The van der Waals surface area contributed by atoms with Crippen LogP contribution in [0.15, 0.2) is 24.3 Å². The van der Waals surface area contributed by atoms with Crippen molar-refractivity contribution >= 4 is 0 Å². The second-order valence-electron chi connectivity index (χ2n) is 5.57. The number of aliphatic hydroxyl groups is 2. The number of aryl methyl sites for hydroxylation is 1. The van der Waals surface area contributed by atoms with Crippen LogP contribution in [0.25, 0.3) is 0 Å². The zero-order chi connectivity index (χ0) is 12.4. The fraction of sp³-hybridized carbons (Fsp3) is 0.571. The molecule has 0 radical (unpaired) electrons. The second-order valence-corrected chi connectivity index (χ2v) is 5.57. The molecule has 90 valence electrons.